The number of benzene rings is 1. The van der Waals surface area contributed by atoms with E-state index >= 15 is 0 Å². The maximum absolute atomic E-state index is 12.1. The quantitative estimate of drug-likeness (QED) is 0.831. The Labute approximate surface area is 114 Å². The van der Waals surface area contributed by atoms with E-state index in [4.69, 9.17) is 0 Å². The van der Waals surface area contributed by atoms with E-state index in [2.05, 4.69) is 39.8 Å². The van der Waals surface area contributed by atoms with Crippen molar-refractivity contribution in [1.82, 2.24) is 15.5 Å². The summed E-state index contributed by atoms with van der Waals surface area (Å²) in [5.41, 5.74) is 1.32. The molecule has 2 saturated heterocycles. The fourth-order valence-corrected chi connectivity index (χ4v) is 3.15. The Morgan fingerprint density at radius 1 is 1.32 bits per heavy atom. The molecular formula is C15H21N3O. The molecule has 2 N–H and O–H groups in total. The molecule has 0 aromatic heterocycles. The molecule has 0 radical (unpaired) electrons. The van der Waals surface area contributed by atoms with Gasteiger partial charge in [-0.2, -0.15) is 0 Å². The summed E-state index contributed by atoms with van der Waals surface area (Å²) in [4.78, 5) is 14.4. The average Bonchev–Trinajstić information content (AvgIpc) is 2.40. The summed E-state index contributed by atoms with van der Waals surface area (Å²) in [5, 5.41) is 6.46. The first kappa shape index (κ1) is 12.6. The summed E-state index contributed by atoms with van der Waals surface area (Å²) < 4.78 is 0. The van der Waals surface area contributed by atoms with Crippen molar-refractivity contribution in [2.24, 2.45) is 5.92 Å². The highest BCUT2D eigenvalue weighted by molar-refractivity contribution is 5.80. The Kier molecular flexibility index (Phi) is 3.53. The van der Waals surface area contributed by atoms with E-state index in [1.54, 1.807) is 0 Å². The maximum atomic E-state index is 12.1. The second-order valence-corrected chi connectivity index (χ2v) is 5.62. The van der Waals surface area contributed by atoms with Crippen molar-refractivity contribution >= 4 is 5.91 Å². The minimum absolute atomic E-state index is 0.0914. The minimum atomic E-state index is 0.0914. The summed E-state index contributed by atoms with van der Waals surface area (Å²) in [5.74, 6) is 0.294. The zero-order valence-electron chi connectivity index (χ0n) is 11.3. The molecule has 0 spiro atoms. The number of rotatable bonds is 2. The summed E-state index contributed by atoms with van der Waals surface area (Å²) >= 11 is 0. The third-order valence-corrected chi connectivity index (χ3v) is 4.11. The Morgan fingerprint density at radius 3 is 2.89 bits per heavy atom. The van der Waals surface area contributed by atoms with Crippen LogP contribution in [0.25, 0.3) is 0 Å². The van der Waals surface area contributed by atoms with Crippen LogP contribution in [0.5, 0.6) is 0 Å². The van der Waals surface area contributed by atoms with E-state index in [0.29, 0.717) is 6.04 Å². The number of carbonyl (C=O) groups excluding carboxylic acids is 1. The van der Waals surface area contributed by atoms with Gasteiger partial charge in [0.1, 0.15) is 0 Å². The molecule has 3 rings (SSSR count). The molecule has 19 heavy (non-hydrogen) atoms. The van der Waals surface area contributed by atoms with Crippen LogP contribution in [0.3, 0.4) is 0 Å². The first-order valence-corrected chi connectivity index (χ1v) is 7.05. The molecule has 2 fully saturated rings. The highest BCUT2D eigenvalue weighted by Gasteiger charge is 2.38. The van der Waals surface area contributed by atoms with Gasteiger partial charge in [0.15, 0.2) is 0 Å². The number of nitrogens with zero attached hydrogens (tertiary/aromatic N) is 1. The molecular weight excluding hydrogens is 238 g/mol. The smallest absolute Gasteiger partial charge is 0.227 e. The zero-order chi connectivity index (χ0) is 13.2. The van der Waals surface area contributed by atoms with Crippen molar-refractivity contribution in [3.05, 3.63) is 35.9 Å². The number of hydrogen-bond acceptors (Lipinski definition) is 3. The predicted octanol–water partition coefficient (Wildman–Crippen LogP) is 0.942. The molecule has 0 saturated carbocycles. The van der Waals surface area contributed by atoms with Crippen molar-refractivity contribution < 1.29 is 4.79 Å². The van der Waals surface area contributed by atoms with Gasteiger partial charge in [-0.05, 0) is 18.9 Å². The molecule has 2 aliphatic rings. The highest BCUT2D eigenvalue weighted by atomic mass is 16.2. The van der Waals surface area contributed by atoms with Gasteiger partial charge in [0.2, 0.25) is 5.91 Å². The first-order chi connectivity index (χ1) is 9.22. The van der Waals surface area contributed by atoms with Crippen LogP contribution in [-0.4, -0.2) is 36.1 Å². The van der Waals surface area contributed by atoms with Gasteiger partial charge in [-0.15, -0.1) is 0 Å². The third kappa shape index (κ3) is 2.80. The fourth-order valence-electron chi connectivity index (χ4n) is 3.15. The van der Waals surface area contributed by atoms with Crippen molar-refractivity contribution in [3.8, 4) is 0 Å². The standard InChI is InChI=1S/C15H21N3O/c1-11-16-14-7-8-18(10-13(14)15(19)17-11)9-12-5-3-2-4-6-12/h2-6,11,13-14,16H,7-10H2,1H3,(H,17,19). The van der Waals surface area contributed by atoms with Crippen molar-refractivity contribution in [3.63, 3.8) is 0 Å². The predicted molar refractivity (Wildman–Crippen MR) is 74.4 cm³/mol. The topological polar surface area (TPSA) is 44.4 Å². The van der Waals surface area contributed by atoms with Crippen LogP contribution in [0.1, 0.15) is 18.9 Å². The van der Waals surface area contributed by atoms with Crippen LogP contribution in [0.2, 0.25) is 0 Å². The fraction of sp³-hybridized carbons (Fsp3) is 0.533. The van der Waals surface area contributed by atoms with Crippen molar-refractivity contribution in [2.75, 3.05) is 13.1 Å². The second kappa shape index (κ2) is 5.31. The van der Waals surface area contributed by atoms with E-state index in [9.17, 15) is 4.79 Å². The van der Waals surface area contributed by atoms with E-state index in [1.165, 1.54) is 5.56 Å². The number of fused-ring (bicyclic) bond motifs is 1. The molecule has 3 unspecified atom stereocenters. The normalized spacial score (nSPS) is 31.6. The minimum Gasteiger partial charge on any atom is -0.341 e. The van der Waals surface area contributed by atoms with E-state index in [0.717, 1.165) is 26.1 Å². The Hall–Kier alpha value is -1.39. The SMILES string of the molecule is CC1NC(=O)C2CN(Cc3ccccc3)CCC2N1. The molecule has 1 aromatic carbocycles. The van der Waals surface area contributed by atoms with Crippen molar-refractivity contribution in [1.29, 1.82) is 0 Å². The lowest BCUT2D eigenvalue weighted by atomic mass is 9.89. The van der Waals surface area contributed by atoms with Gasteiger partial charge in [0.05, 0.1) is 12.1 Å². The molecule has 2 aliphatic heterocycles. The van der Waals surface area contributed by atoms with Gasteiger partial charge in [-0.1, -0.05) is 30.3 Å². The Bertz CT molecular complexity index is 448. The van der Waals surface area contributed by atoms with Crippen LogP contribution in [0, 0.1) is 5.92 Å². The van der Waals surface area contributed by atoms with Gasteiger partial charge >= 0.3 is 0 Å². The number of carbonyl (C=O) groups is 1. The number of piperidine rings is 1. The average molecular weight is 259 g/mol. The molecule has 102 valence electrons. The summed E-state index contributed by atoms with van der Waals surface area (Å²) in [6.07, 6.45) is 1.16. The Balaban J connectivity index is 1.64. The Morgan fingerprint density at radius 2 is 2.11 bits per heavy atom. The zero-order valence-corrected chi connectivity index (χ0v) is 11.3. The molecule has 1 aromatic rings. The number of likely N-dealkylation sites (tertiary alicyclic amines) is 1. The molecule has 0 aliphatic carbocycles. The first-order valence-electron chi connectivity index (χ1n) is 7.05. The largest absolute Gasteiger partial charge is 0.341 e. The van der Waals surface area contributed by atoms with Gasteiger partial charge in [0.25, 0.3) is 0 Å². The molecule has 0 bridgehead atoms. The lowest BCUT2D eigenvalue weighted by Crippen LogP contribution is -2.64. The molecule has 3 atom stereocenters. The number of amides is 1. The second-order valence-electron chi connectivity index (χ2n) is 5.62. The van der Waals surface area contributed by atoms with E-state index in [1.807, 2.05) is 13.0 Å². The van der Waals surface area contributed by atoms with Crippen LogP contribution >= 0.6 is 0 Å². The van der Waals surface area contributed by atoms with Gasteiger partial charge < -0.3 is 5.32 Å². The van der Waals surface area contributed by atoms with Crippen LogP contribution in [0.4, 0.5) is 0 Å². The van der Waals surface area contributed by atoms with Gasteiger partial charge in [-0.25, -0.2) is 0 Å². The summed E-state index contributed by atoms with van der Waals surface area (Å²) in [6.45, 7) is 4.85. The van der Waals surface area contributed by atoms with E-state index < -0.39 is 0 Å². The highest BCUT2D eigenvalue weighted by Crippen LogP contribution is 2.22. The van der Waals surface area contributed by atoms with Crippen LogP contribution in [0.15, 0.2) is 30.3 Å². The third-order valence-electron chi connectivity index (χ3n) is 4.11. The monoisotopic (exact) mass is 259 g/mol. The molecule has 4 nitrogen and oxygen atoms in total. The van der Waals surface area contributed by atoms with Crippen LogP contribution in [-0.2, 0) is 11.3 Å². The molecule has 2 heterocycles. The lowest BCUT2D eigenvalue weighted by Gasteiger charge is -2.43. The number of nitrogens with one attached hydrogen (secondary N) is 2. The molecule has 4 heteroatoms. The number of hydrogen-bond donors (Lipinski definition) is 2. The van der Waals surface area contributed by atoms with Gasteiger partial charge in [0, 0.05) is 25.7 Å². The maximum Gasteiger partial charge on any atom is 0.227 e. The summed E-state index contributed by atoms with van der Waals surface area (Å²) in [7, 11) is 0. The van der Waals surface area contributed by atoms with Crippen molar-refractivity contribution in [2.45, 2.75) is 32.1 Å². The summed E-state index contributed by atoms with van der Waals surface area (Å²) in [6, 6.07) is 10.8. The van der Waals surface area contributed by atoms with E-state index in [-0.39, 0.29) is 18.0 Å². The lowest BCUT2D eigenvalue weighted by molar-refractivity contribution is -0.131. The van der Waals surface area contributed by atoms with Crippen LogP contribution < -0.4 is 10.6 Å². The molecule has 1 amide bonds. The van der Waals surface area contributed by atoms with Gasteiger partial charge in [-0.3, -0.25) is 15.0 Å².